The van der Waals surface area contributed by atoms with E-state index in [9.17, 15) is 14.4 Å². The van der Waals surface area contributed by atoms with E-state index in [2.05, 4.69) is 5.32 Å². The first-order valence-electron chi connectivity index (χ1n) is 8.90. The number of esters is 1. The van der Waals surface area contributed by atoms with Crippen molar-refractivity contribution in [3.8, 4) is 0 Å². The zero-order valence-corrected chi connectivity index (χ0v) is 15.1. The minimum atomic E-state index is -0.925. The zero-order chi connectivity index (χ0) is 19.2. The summed E-state index contributed by atoms with van der Waals surface area (Å²) in [6.07, 6.45) is 0.942. The maximum atomic E-state index is 12.6. The fourth-order valence-electron chi connectivity index (χ4n) is 3.05. The highest BCUT2D eigenvalue weighted by molar-refractivity contribution is 5.91. The Bertz CT molecular complexity index is 733. The van der Waals surface area contributed by atoms with E-state index in [0.29, 0.717) is 26.0 Å². The molecule has 0 aromatic heterocycles. The van der Waals surface area contributed by atoms with Crippen molar-refractivity contribution in [3.63, 3.8) is 0 Å². The maximum absolute atomic E-state index is 12.6. The van der Waals surface area contributed by atoms with E-state index in [4.69, 9.17) is 14.2 Å². The molecule has 3 rings (SSSR count). The SMILES string of the molecule is CCO[C@H]1OC(=O)C=C1NC(=O)[C@@H]1CCCN1C(=O)OCc1ccccc1. The number of nitrogens with zero attached hydrogens (tertiary/aromatic N) is 1. The number of hydrogen-bond acceptors (Lipinski definition) is 6. The number of amides is 2. The van der Waals surface area contributed by atoms with E-state index in [1.807, 2.05) is 30.3 Å². The number of benzene rings is 1. The zero-order valence-electron chi connectivity index (χ0n) is 15.1. The van der Waals surface area contributed by atoms with Crippen molar-refractivity contribution in [2.75, 3.05) is 13.2 Å². The van der Waals surface area contributed by atoms with Crippen LogP contribution in [0.1, 0.15) is 25.3 Å². The summed E-state index contributed by atoms with van der Waals surface area (Å²) in [6, 6.07) is 8.67. The van der Waals surface area contributed by atoms with E-state index >= 15 is 0 Å². The molecule has 1 saturated heterocycles. The quantitative estimate of drug-likeness (QED) is 0.762. The average Bonchev–Trinajstić information content (AvgIpc) is 3.28. The molecule has 0 aliphatic carbocycles. The first kappa shape index (κ1) is 18.9. The van der Waals surface area contributed by atoms with Crippen molar-refractivity contribution >= 4 is 18.0 Å². The lowest BCUT2D eigenvalue weighted by Crippen LogP contribution is -2.46. The van der Waals surface area contributed by atoms with Crippen LogP contribution in [0, 0.1) is 0 Å². The van der Waals surface area contributed by atoms with Crippen molar-refractivity contribution in [2.24, 2.45) is 0 Å². The van der Waals surface area contributed by atoms with E-state index in [1.54, 1.807) is 6.92 Å². The van der Waals surface area contributed by atoms with E-state index in [0.717, 1.165) is 5.56 Å². The predicted molar refractivity (Wildman–Crippen MR) is 94.1 cm³/mol. The van der Waals surface area contributed by atoms with Gasteiger partial charge in [0.2, 0.25) is 12.2 Å². The van der Waals surface area contributed by atoms with Gasteiger partial charge in [-0.3, -0.25) is 9.69 Å². The highest BCUT2D eigenvalue weighted by Crippen LogP contribution is 2.21. The van der Waals surface area contributed by atoms with Gasteiger partial charge in [-0.15, -0.1) is 0 Å². The molecule has 27 heavy (non-hydrogen) atoms. The minimum Gasteiger partial charge on any atom is -0.445 e. The molecule has 0 unspecified atom stereocenters. The Labute approximate surface area is 157 Å². The Balaban J connectivity index is 1.58. The molecular weight excluding hydrogens is 352 g/mol. The number of cyclic esters (lactones) is 1. The molecule has 1 N–H and O–H groups in total. The first-order chi connectivity index (χ1) is 13.1. The molecule has 1 aromatic rings. The summed E-state index contributed by atoms with van der Waals surface area (Å²) in [5.41, 5.74) is 1.12. The number of carbonyl (C=O) groups excluding carboxylic acids is 3. The number of likely N-dealkylation sites (tertiary alicyclic amines) is 1. The Hall–Kier alpha value is -2.87. The summed E-state index contributed by atoms with van der Waals surface area (Å²) < 4.78 is 15.6. The van der Waals surface area contributed by atoms with Gasteiger partial charge in [-0.25, -0.2) is 9.59 Å². The molecule has 0 radical (unpaired) electrons. The van der Waals surface area contributed by atoms with E-state index in [-0.39, 0.29) is 12.3 Å². The fraction of sp³-hybridized carbons (Fsp3) is 0.421. The Morgan fingerprint density at radius 1 is 1.30 bits per heavy atom. The normalized spacial score (nSPS) is 21.6. The topological polar surface area (TPSA) is 94.2 Å². The van der Waals surface area contributed by atoms with Gasteiger partial charge < -0.3 is 19.5 Å². The van der Waals surface area contributed by atoms with Crippen molar-refractivity contribution in [1.82, 2.24) is 10.2 Å². The first-order valence-corrected chi connectivity index (χ1v) is 8.90. The summed E-state index contributed by atoms with van der Waals surface area (Å²) in [4.78, 5) is 37.8. The van der Waals surface area contributed by atoms with Crippen molar-refractivity contribution < 1.29 is 28.6 Å². The van der Waals surface area contributed by atoms with Crippen molar-refractivity contribution in [1.29, 1.82) is 0 Å². The second-order valence-electron chi connectivity index (χ2n) is 6.20. The van der Waals surface area contributed by atoms with Gasteiger partial charge in [-0.2, -0.15) is 0 Å². The Morgan fingerprint density at radius 3 is 2.81 bits per heavy atom. The van der Waals surface area contributed by atoms with Gasteiger partial charge in [0.05, 0.1) is 5.70 Å². The lowest BCUT2D eigenvalue weighted by atomic mass is 10.2. The van der Waals surface area contributed by atoms with Gasteiger partial charge in [0.15, 0.2) is 0 Å². The van der Waals surface area contributed by atoms with Crippen LogP contribution >= 0.6 is 0 Å². The molecule has 0 bridgehead atoms. The summed E-state index contributed by atoms with van der Waals surface area (Å²) in [5.74, 6) is -0.965. The number of ether oxygens (including phenoxy) is 3. The van der Waals surface area contributed by atoms with Gasteiger partial charge in [-0.1, -0.05) is 30.3 Å². The molecule has 2 aliphatic rings. The molecule has 1 aromatic carbocycles. The summed E-state index contributed by atoms with van der Waals surface area (Å²) in [6.45, 7) is 2.67. The Kier molecular flexibility index (Phi) is 6.08. The summed E-state index contributed by atoms with van der Waals surface area (Å²) in [7, 11) is 0. The molecule has 2 heterocycles. The van der Waals surface area contributed by atoms with Crippen LogP contribution in [0.2, 0.25) is 0 Å². The average molecular weight is 374 g/mol. The molecule has 8 nitrogen and oxygen atoms in total. The molecule has 144 valence electrons. The Morgan fingerprint density at radius 2 is 2.07 bits per heavy atom. The van der Waals surface area contributed by atoms with Crippen LogP contribution in [-0.2, 0) is 30.4 Å². The minimum absolute atomic E-state index is 0.143. The number of carbonyl (C=O) groups is 3. The molecule has 2 atom stereocenters. The second-order valence-corrected chi connectivity index (χ2v) is 6.20. The molecule has 2 amide bonds. The van der Waals surface area contributed by atoms with Gasteiger partial charge in [-0.05, 0) is 25.3 Å². The van der Waals surface area contributed by atoms with Crippen LogP contribution in [0.4, 0.5) is 4.79 Å². The number of nitrogens with one attached hydrogen (secondary N) is 1. The monoisotopic (exact) mass is 374 g/mol. The van der Waals surface area contributed by atoms with Crippen LogP contribution in [0.3, 0.4) is 0 Å². The van der Waals surface area contributed by atoms with Gasteiger partial charge in [0.25, 0.3) is 0 Å². The van der Waals surface area contributed by atoms with Gasteiger partial charge in [0, 0.05) is 19.2 Å². The van der Waals surface area contributed by atoms with Gasteiger partial charge >= 0.3 is 12.1 Å². The number of rotatable bonds is 6. The largest absolute Gasteiger partial charge is 0.445 e. The van der Waals surface area contributed by atoms with Crippen LogP contribution in [-0.4, -0.2) is 48.4 Å². The highest BCUT2D eigenvalue weighted by atomic mass is 16.7. The molecule has 0 saturated carbocycles. The third kappa shape index (κ3) is 4.65. The van der Waals surface area contributed by atoms with Crippen LogP contribution in [0.25, 0.3) is 0 Å². The van der Waals surface area contributed by atoms with E-state index < -0.39 is 30.3 Å². The summed E-state index contributed by atoms with van der Waals surface area (Å²) in [5, 5.41) is 2.65. The molecular formula is C19H22N2O6. The lowest BCUT2D eigenvalue weighted by molar-refractivity contribution is -0.159. The second kappa shape index (κ2) is 8.68. The van der Waals surface area contributed by atoms with Crippen LogP contribution < -0.4 is 5.32 Å². The fourth-order valence-corrected chi connectivity index (χ4v) is 3.05. The smallest absolute Gasteiger partial charge is 0.410 e. The van der Waals surface area contributed by atoms with E-state index in [1.165, 1.54) is 11.0 Å². The molecule has 8 heteroatoms. The van der Waals surface area contributed by atoms with Crippen LogP contribution in [0.15, 0.2) is 42.1 Å². The van der Waals surface area contributed by atoms with Crippen molar-refractivity contribution in [3.05, 3.63) is 47.7 Å². The van der Waals surface area contributed by atoms with Crippen molar-refractivity contribution in [2.45, 2.75) is 38.7 Å². The van der Waals surface area contributed by atoms with Gasteiger partial charge in [0.1, 0.15) is 12.6 Å². The molecule has 0 spiro atoms. The third-order valence-electron chi connectivity index (χ3n) is 4.33. The third-order valence-corrected chi connectivity index (χ3v) is 4.33. The van der Waals surface area contributed by atoms with Crippen LogP contribution in [0.5, 0.6) is 0 Å². The molecule has 1 fully saturated rings. The summed E-state index contributed by atoms with van der Waals surface area (Å²) >= 11 is 0. The molecule has 2 aliphatic heterocycles. The predicted octanol–water partition coefficient (Wildman–Crippen LogP) is 1.71. The number of hydrogen-bond donors (Lipinski definition) is 1. The standard InChI is InChI=1S/C19H22N2O6/c1-2-25-18-14(11-16(22)27-18)20-17(23)15-9-6-10-21(15)19(24)26-12-13-7-4-3-5-8-13/h3-5,7-8,11,15,18H,2,6,9-10,12H2,1H3,(H,20,23)/t15-,18-/m0/s1. The highest BCUT2D eigenvalue weighted by Gasteiger charge is 2.37. The maximum Gasteiger partial charge on any atom is 0.410 e. The lowest BCUT2D eigenvalue weighted by Gasteiger charge is -2.24.